The summed E-state index contributed by atoms with van der Waals surface area (Å²) in [4.78, 5) is 30.3. The molecule has 0 atom stereocenters. The van der Waals surface area contributed by atoms with Crippen molar-refractivity contribution in [1.82, 2.24) is 9.47 Å². The van der Waals surface area contributed by atoms with E-state index < -0.39 is 0 Å². The normalized spacial score (nSPS) is 18.3. The molecule has 0 aliphatic carbocycles. The van der Waals surface area contributed by atoms with Gasteiger partial charge in [-0.3, -0.25) is 19.1 Å². The number of rotatable bonds is 4. The smallest absolute Gasteiger partial charge is 0.270 e. The van der Waals surface area contributed by atoms with Crippen LogP contribution >= 0.6 is 24.0 Å². The number of carbonyl (C=O) groups excluding carboxylic acids is 1. The van der Waals surface area contributed by atoms with Crippen molar-refractivity contribution in [3.05, 3.63) is 55.7 Å². The predicted octanol–water partition coefficient (Wildman–Crippen LogP) is 3.30. The van der Waals surface area contributed by atoms with Crippen LogP contribution in [0.3, 0.4) is 0 Å². The van der Waals surface area contributed by atoms with Gasteiger partial charge in [-0.15, -0.1) is 0 Å². The molecule has 174 valence electrons. The van der Waals surface area contributed by atoms with Gasteiger partial charge < -0.3 is 14.4 Å². The van der Waals surface area contributed by atoms with E-state index in [0.29, 0.717) is 38.4 Å². The first-order chi connectivity index (χ1) is 16.4. The van der Waals surface area contributed by atoms with Crippen molar-refractivity contribution in [2.24, 2.45) is 7.05 Å². The fourth-order valence-corrected chi connectivity index (χ4v) is 5.75. The Morgan fingerprint density at radius 1 is 1.21 bits per heavy atom. The first-order valence-electron chi connectivity index (χ1n) is 10.9. The Morgan fingerprint density at radius 3 is 2.68 bits per heavy atom. The van der Waals surface area contributed by atoms with Crippen molar-refractivity contribution in [3.8, 4) is 17.6 Å². The summed E-state index contributed by atoms with van der Waals surface area (Å²) < 4.78 is 12.8. The summed E-state index contributed by atoms with van der Waals surface area (Å²) in [5.74, 6) is 1.87. The number of benzene rings is 1. The fraction of sp³-hybridized carbons (Fsp3) is 0.333. The summed E-state index contributed by atoms with van der Waals surface area (Å²) in [5, 5.41) is 9.61. The van der Waals surface area contributed by atoms with Crippen LogP contribution in [0.15, 0.2) is 27.9 Å². The van der Waals surface area contributed by atoms with Crippen LogP contribution in [0.4, 0.5) is 5.82 Å². The van der Waals surface area contributed by atoms with Crippen LogP contribution in [0.5, 0.6) is 11.5 Å². The lowest BCUT2D eigenvalue weighted by molar-refractivity contribution is -0.122. The molecule has 0 saturated carbocycles. The largest absolute Gasteiger partial charge is 0.454 e. The van der Waals surface area contributed by atoms with Crippen LogP contribution in [0, 0.1) is 18.3 Å². The molecule has 5 rings (SSSR count). The van der Waals surface area contributed by atoms with Gasteiger partial charge in [0, 0.05) is 25.7 Å². The van der Waals surface area contributed by atoms with E-state index in [2.05, 4.69) is 4.90 Å². The van der Waals surface area contributed by atoms with Gasteiger partial charge in [0.2, 0.25) is 6.79 Å². The molecule has 0 N–H and O–H groups in total. The van der Waals surface area contributed by atoms with Crippen molar-refractivity contribution in [3.63, 3.8) is 0 Å². The highest BCUT2D eigenvalue weighted by Crippen LogP contribution is 2.38. The zero-order valence-electron chi connectivity index (χ0n) is 18.8. The second-order valence-electron chi connectivity index (χ2n) is 8.36. The van der Waals surface area contributed by atoms with Crippen LogP contribution < -0.4 is 19.9 Å². The first kappa shape index (κ1) is 22.5. The maximum Gasteiger partial charge on any atom is 0.270 e. The number of nitriles is 1. The lowest BCUT2D eigenvalue weighted by Gasteiger charge is -2.25. The molecule has 0 unspecified atom stereocenters. The third-order valence-electron chi connectivity index (χ3n) is 6.30. The number of anilines is 1. The Balaban J connectivity index is 1.52. The highest BCUT2D eigenvalue weighted by molar-refractivity contribution is 8.26. The van der Waals surface area contributed by atoms with Gasteiger partial charge in [-0.25, -0.2) is 0 Å². The van der Waals surface area contributed by atoms with Crippen LogP contribution in [-0.2, 0) is 18.4 Å². The number of aromatic nitrogens is 1. The number of pyridine rings is 1. The number of carbonyl (C=O) groups is 1. The maximum absolute atomic E-state index is 13.4. The molecule has 1 aromatic carbocycles. The molecule has 3 aliphatic rings. The van der Waals surface area contributed by atoms with Gasteiger partial charge in [0.25, 0.3) is 11.5 Å². The standard InChI is InChI=1S/C24H22N4O4S2/c1-14-16(21(27-7-3-4-8-27)26(2)22(29)17(14)11-25)10-20-23(30)28(24(33)34-20)12-15-5-6-18-19(9-15)32-13-31-18/h5-6,9-10H,3-4,7-8,12-13H2,1-2H3/b20-10+. The minimum absolute atomic E-state index is 0.0903. The number of hydrogen-bond acceptors (Lipinski definition) is 8. The van der Waals surface area contributed by atoms with Crippen molar-refractivity contribution in [2.75, 3.05) is 24.8 Å². The predicted molar refractivity (Wildman–Crippen MR) is 134 cm³/mol. The summed E-state index contributed by atoms with van der Waals surface area (Å²) in [6.07, 6.45) is 3.84. The molecule has 0 radical (unpaired) electrons. The first-order valence-corrected chi connectivity index (χ1v) is 12.1. The maximum atomic E-state index is 13.4. The molecule has 8 nitrogen and oxygen atoms in total. The number of ether oxygens (including phenoxy) is 2. The van der Waals surface area contributed by atoms with Gasteiger partial charge in [-0.05, 0) is 49.1 Å². The summed E-state index contributed by atoms with van der Waals surface area (Å²) in [5.41, 5.74) is 1.93. The monoisotopic (exact) mass is 494 g/mol. The van der Waals surface area contributed by atoms with E-state index in [1.54, 1.807) is 24.9 Å². The van der Waals surface area contributed by atoms with Gasteiger partial charge in [0.05, 0.1) is 11.4 Å². The third-order valence-corrected chi connectivity index (χ3v) is 7.68. The van der Waals surface area contributed by atoms with Crippen molar-refractivity contribution < 1.29 is 14.3 Å². The fourth-order valence-electron chi connectivity index (χ4n) is 4.51. The topological polar surface area (TPSA) is 87.8 Å². The lowest BCUT2D eigenvalue weighted by Crippen LogP contribution is -2.31. The quantitative estimate of drug-likeness (QED) is 0.473. The summed E-state index contributed by atoms with van der Waals surface area (Å²) in [6, 6.07) is 7.60. The number of thioether (sulfide) groups is 1. The van der Waals surface area contributed by atoms with Gasteiger partial charge >= 0.3 is 0 Å². The Kier molecular flexibility index (Phi) is 5.83. The van der Waals surface area contributed by atoms with E-state index in [1.165, 1.54) is 16.3 Å². The zero-order valence-corrected chi connectivity index (χ0v) is 20.4. The van der Waals surface area contributed by atoms with E-state index in [9.17, 15) is 14.9 Å². The number of amides is 1. The number of fused-ring (bicyclic) bond motifs is 1. The lowest BCUT2D eigenvalue weighted by atomic mass is 10.0. The van der Waals surface area contributed by atoms with Gasteiger partial charge in [-0.1, -0.05) is 30.0 Å². The van der Waals surface area contributed by atoms with E-state index in [0.717, 1.165) is 37.3 Å². The van der Waals surface area contributed by atoms with Gasteiger partial charge in [0.1, 0.15) is 21.8 Å². The van der Waals surface area contributed by atoms with E-state index in [1.807, 2.05) is 24.3 Å². The van der Waals surface area contributed by atoms with Gasteiger partial charge in [-0.2, -0.15) is 5.26 Å². The molecule has 3 aliphatic heterocycles. The molecular weight excluding hydrogens is 472 g/mol. The van der Waals surface area contributed by atoms with Crippen molar-refractivity contribution in [2.45, 2.75) is 26.3 Å². The minimum Gasteiger partial charge on any atom is -0.454 e. The average molecular weight is 495 g/mol. The molecule has 34 heavy (non-hydrogen) atoms. The third kappa shape index (κ3) is 3.75. The molecule has 0 spiro atoms. The Morgan fingerprint density at radius 2 is 1.94 bits per heavy atom. The number of hydrogen-bond donors (Lipinski definition) is 0. The van der Waals surface area contributed by atoms with Crippen LogP contribution in [-0.4, -0.2) is 39.6 Å². The zero-order chi connectivity index (χ0) is 24.0. The molecule has 0 bridgehead atoms. The Labute approximate surface area is 206 Å². The van der Waals surface area contributed by atoms with Crippen molar-refractivity contribution >= 4 is 46.1 Å². The van der Waals surface area contributed by atoms with Crippen molar-refractivity contribution in [1.29, 1.82) is 5.26 Å². The van der Waals surface area contributed by atoms with Gasteiger partial charge in [0.15, 0.2) is 11.5 Å². The number of nitrogens with zero attached hydrogens (tertiary/aromatic N) is 4. The summed E-state index contributed by atoms with van der Waals surface area (Å²) in [7, 11) is 1.68. The molecule has 2 aromatic rings. The molecule has 10 heteroatoms. The Bertz CT molecular complexity index is 1350. The number of thiocarbonyl (C=S) groups is 1. The molecule has 4 heterocycles. The molecule has 1 aromatic heterocycles. The van der Waals surface area contributed by atoms with E-state index >= 15 is 0 Å². The molecule has 2 saturated heterocycles. The average Bonchev–Trinajstić information content (AvgIpc) is 3.56. The van der Waals surface area contributed by atoms with E-state index in [4.69, 9.17) is 21.7 Å². The van der Waals surface area contributed by atoms with Crippen LogP contribution in [0.2, 0.25) is 0 Å². The Hall–Kier alpha value is -3.29. The second kappa shape index (κ2) is 8.81. The summed E-state index contributed by atoms with van der Waals surface area (Å²) >= 11 is 6.76. The van der Waals surface area contributed by atoms with Crippen LogP contribution in [0.1, 0.15) is 35.1 Å². The minimum atomic E-state index is -0.325. The highest BCUT2D eigenvalue weighted by atomic mass is 32.2. The SMILES string of the molecule is Cc1c(/C=C2/SC(=S)N(Cc3ccc4c(c3)OCO4)C2=O)c(N2CCCC2)n(C)c(=O)c1C#N. The molecule has 2 fully saturated rings. The summed E-state index contributed by atoms with van der Waals surface area (Å²) in [6.45, 7) is 3.91. The molecular formula is C24H22N4O4S2. The second-order valence-corrected chi connectivity index (χ2v) is 10.0. The molecule has 1 amide bonds. The van der Waals surface area contributed by atoms with Crippen LogP contribution in [0.25, 0.3) is 6.08 Å². The highest BCUT2D eigenvalue weighted by Gasteiger charge is 2.33. The van der Waals surface area contributed by atoms with E-state index in [-0.39, 0.29) is 23.8 Å².